The number of aromatic nitrogens is 3. The molecule has 7 nitrogen and oxygen atoms in total. The van der Waals surface area contributed by atoms with Gasteiger partial charge < -0.3 is 14.2 Å². The van der Waals surface area contributed by atoms with Crippen molar-refractivity contribution >= 4 is 17.7 Å². The minimum absolute atomic E-state index is 0.171. The maximum absolute atomic E-state index is 11.4. The summed E-state index contributed by atoms with van der Waals surface area (Å²) in [6.45, 7) is 6.61. The molecule has 8 heteroatoms. The average molecular weight is 391 g/mol. The van der Waals surface area contributed by atoms with Crippen molar-refractivity contribution in [3.05, 3.63) is 30.9 Å². The molecule has 0 aliphatic rings. The van der Waals surface area contributed by atoms with E-state index >= 15 is 0 Å². The lowest BCUT2D eigenvalue weighted by Gasteiger charge is -2.10. The fourth-order valence-electron chi connectivity index (χ4n) is 2.45. The summed E-state index contributed by atoms with van der Waals surface area (Å²) in [5.74, 6) is 2.65. The molecule has 1 heterocycles. The number of nitrogens with zero attached hydrogens (tertiary/aromatic N) is 3. The second-order valence-electron chi connectivity index (χ2n) is 5.56. The van der Waals surface area contributed by atoms with E-state index in [-0.39, 0.29) is 5.97 Å². The van der Waals surface area contributed by atoms with Crippen molar-refractivity contribution in [2.24, 2.45) is 0 Å². The van der Waals surface area contributed by atoms with E-state index in [1.165, 1.54) is 0 Å². The smallest absolute Gasteiger partial charge is 0.305 e. The van der Waals surface area contributed by atoms with Gasteiger partial charge >= 0.3 is 5.97 Å². The van der Waals surface area contributed by atoms with Crippen LogP contribution >= 0.6 is 11.8 Å². The van der Waals surface area contributed by atoms with Gasteiger partial charge in [0, 0.05) is 30.3 Å². The molecule has 0 amide bonds. The molecular formula is C19H25N3O4S. The van der Waals surface area contributed by atoms with E-state index in [9.17, 15) is 4.79 Å². The number of methoxy groups -OCH3 is 2. The van der Waals surface area contributed by atoms with Crippen molar-refractivity contribution in [2.45, 2.75) is 31.5 Å². The zero-order chi connectivity index (χ0) is 19.6. The first-order valence-corrected chi connectivity index (χ1v) is 9.67. The van der Waals surface area contributed by atoms with Crippen LogP contribution < -0.4 is 9.47 Å². The van der Waals surface area contributed by atoms with Crippen LogP contribution in [0, 0.1) is 0 Å². The number of allylic oxidation sites excluding steroid dienone is 1. The maximum Gasteiger partial charge on any atom is 0.305 e. The van der Waals surface area contributed by atoms with Crippen molar-refractivity contribution in [1.82, 2.24) is 14.8 Å². The standard InChI is InChI=1S/C19H25N3O4S/c1-5-9-22-18(14-11-15(24-3)13-16(12-14)25-4)20-21-19(22)27-10-7-8-17(23)26-6-2/h5,11-13H,1,6-10H2,2-4H3. The largest absolute Gasteiger partial charge is 0.497 e. The van der Waals surface area contributed by atoms with E-state index in [4.69, 9.17) is 14.2 Å². The van der Waals surface area contributed by atoms with E-state index in [0.29, 0.717) is 43.3 Å². The molecule has 0 aliphatic carbocycles. The van der Waals surface area contributed by atoms with Gasteiger partial charge in [-0.05, 0) is 25.5 Å². The number of carbonyl (C=O) groups is 1. The Hall–Kier alpha value is -2.48. The zero-order valence-electron chi connectivity index (χ0n) is 15.9. The van der Waals surface area contributed by atoms with Gasteiger partial charge in [-0.1, -0.05) is 17.8 Å². The van der Waals surface area contributed by atoms with Crippen LogP contribution in [0.15, 0.2) is 36.0 Å². The molecule has 0 unspecified atom stereocenters. The topological polar surface area (TPSA) is 75.5 Å². The highest BCUT2D eigenvalue weighted by molar-refractivity contribution is 7.99. The molecule has 0 bridgehead atoms. The molecule has 27 heavy (non-hydrogen) atoms. The lowest BCUT2D eigenvalue weighted by Crippen LogP contribution is -2.04. The summed E-state index contributed by atoms with van der Waals surface area (Å²) in [5, 5.41) is 9.42. The van der Waals surface area contributed by atoms with Crippen molar-refractivity contribution in [1.29, 1.82) is 0 Å². The SMILES string of the molecule is C=CCn1c(SCCCC(=O)OCC)nnc1-c1cc(OC)cc(OC)c1. The molecule has 2 rings (SSSR count). The third kappa shape index (κ3) is 5.75. The summed E-state index contributed by atoms with van der Waals surface area (Å²) in [6.07, 6.45) is 2.91. The minimum Gasteiger partial charge on any atom is -0.497 e. The molecule has 0 saturated carbocycles. The first kappa shape index (κ1) is 20.8. The summed E-state index contributed by atoms with van der Waals surface area (Å²) in [6, 6.07) is 5.59. The minimum atomic E-state index is -0.171. The number of esters is 1. The number of hydrogen-bond acceptors (Lipinski definition) is 7. The van der Waals surface area contributed by atoms with Crippen LogP contribution in [0.25, 0.3) is 11.4 Å². The lowest BCUT2D eigenvalue weighted by atomic mass is 10.2. The molecule has 146 valence electrons. The van der Waals surface area contributed by atoms with Gasteiger partial charge in [0.05, 0.1) is 20.8 Å². The van der Waals surface area contributed by atoms with E-state index in [0.717, 1.165) is 16.5 Å². The number of rotatable bonds is 11. The monoisotopic (exact) mass is 391 g/mol. The molecule has 1 aromatic heterocycles. The molecule has 0 N–H and O–H groups in total. The molecule has 0 spiro atoms. The van der Waals surface area contributed by atoms with E-state index in [2.05, 4.69) is 16.8 Å². The Kier molecular flexibility index (Phi) is 8.19. The molecule has 0 fully saturated rings. The summed E-state index contributed by atoms with van der Waals surface area (Å²) >= 11 is 1.55. The third-order valence-electron chi connectivity index (χ3n) is 3.70. The van der Waals surface area contributed by atoms with Gasteiger partial charge in [-0.25, -0.2) is 0 Å². The number of thioether (sulfide) groups is 1. The van der Waals surface area contributed by atoms with Crippen LogP contribution in [-0.2, 0) is 16.1 Å². The van der Waals surface area contributed by atoms with Gasteiger partial charge in [0.25, 0.3) is 0 Å². The van der Waals surface area contributed by atoms with Gasteiger partial charge in [-0.15, -0.1) is 16.8 Å². The summed E-state index contributed by atoms with van der Waals surface area (Å²) in [7, 11) is 3.22. The van der Waals surface area contributed by atoms with Crippen LogP contribution in [0.1, 0.15) is 19.8 Å². The molecule has 2 aromatic rings. The van der Waals surface area contributed by atoms with Gasteiger partial charge in [0.1, 0.15) is 11.5 Å². The molecule has 0 atom stereocenters. The van der Waals surface area contributed by atoms with Crippen LogP contribution in [0.4, 0.5) is 0 Å². The summed E-state index contributed by atoms with van der Waals surface area (Å²) in [5.41, 5.74) is 0.846. The predicted octanol–water partition coefficient (Wildman–Crippen LogP) is 3.58. The van der Waals surface area contributed by atoms with E-state index < -0.39 is 0 Å². The van der Waals surface area contributed by atoms with Crippen molar-refractivity contribution in [3.63, 3.8) is 0 Å². The lowest BCUT2D eigenvalue weighted by molar-refractivity contribution is -0.143. The van der Waals surface area contributed by atoms with Crippen LogP contribution in [0.5, 0.6) is 11.5 Å². The average Bonchev–Trinajstić information content (AvgIpc) is 3.08. The first-order chi connectivity index (χ1) is 13.1. The maximum atomic E-state index is 11.4. The molecular weight excluding hydrogens is 366 g/mol. The highest BCUT2D eigenvalue weighted by Crippen LogP contribution is 2.31. The third-order valence-corrected chi connectivity index (χ3v) is 4.75. The van der Waals surface area contributed by atoms with Gasteiger partial charge in [-0.2, -0.15) is 0 Å². The number of carbonyl (C=O) groups excluding carboxylic acids is 1. The van der Waals surface area contributed by atoms with Gasteiger partial charge in [-0.3, -0.25) is 9.36 Å². The highest BCUT2D eigenvalue weighted by atomic mass is 32.2. The van der Waals surface area contributed by atoms with Crippen LogP contribution in [0.2, 0.25) is 0 Å². The first-order valence-electron chi connectivity index (χ1n) is 8.68. The van der Waals surface area contributed by atoms with Gasteiger partial charge in [0.15, 0.2) is 11.0 Å². The molecule has 0 saturated heterocycles. The van der Waals surface area contributed by atoms with Gasteiger partial charge in [0.2, 0.25) is 0 Å². The Morgan fingerprint density at radius 1 is 1.22 bits per heavy atom. The Labute approximate surface area is 163 Å². The Morgan fingerprint density at radius 2 is 1.93 bits per heavy atom. The summed E-state index contributed by atoms with van der Waals surface area (Å²) in [4.78, 5) is 11.4. The normalized spacial score (nSPS) is 10.5. The second kappa shape index (κ2) is 10.6. The number of benzene rings is 1. The molecule has 1 aromatic carbocycles. The zero-order valence-corrected chi connectivity index (χ0v) is 16.8. The highest BCUT2D eigenvalue weighted by Gasteiger charge is 2.15. The Bertz CT molecular complexity index is 754. The van der Waals surface area contributed by atoms with Crippen LogP contribution in [-0.4, -0.2) is 47.3 Å². The van der Waals surface area contributed by atoms with Crippen molar-refractivity contribution < 1.29 is 19.0 Å². The summed E-state index contributed by atoms with van der Waals surface area (Å²) < 4.78 is 17.6. The Morgan fingerprint density at radius 3 is 2.52 bits per heavy atom. The predicted molar refractivity (Wildman–Crippen MR) is 105 cm³/mol. The number of ether oxygens (including phenoxy) is 3. The van der Waals surface area contributed by atoms with Crippen molar-refractivity contribution in [3.8, 4) is 22.9 Å². The molecule has 0 aliphatic heterocycles. The Balaban J connectivity index is 2.17. The van der Waals surface area contributed by atoms with Crippen LogP contribution in [0.3, 0.4) is 0 Å². The van der Waals surface area contributed by atoms with E-state index in [1.807, 2.05) is 22.8 Å². The quantitative estimate of drug-likeness (QED) is 0.251. The fraction of sp³-hybridized carbons (Fsp3) is 0.421. The second-order valence-corrected chi connectivity index (χ2v) is 6.63. The number of hydrogen-bond donors (Lipinski definition) is 0. The van der Waals surface area contributed by atoms with Crippen molar-refractivity contribution in [2.75, 3.05) is 26.6 Å². The molecule has 0 radical (unpaired) electrons. The van der Waals surface area contributed by atoms with E-state index in [1.54, 1.807) is 39.0 Å². The fourth-order valence-corrected chi connectivity index (χ4v) is 3.34.